The average Bonchev–Trinajstić information content (AvgIpc) is 2.40. The molecule has 0 aliphatic carbocycles. The molecule has 1 aliphatic rings. The molecule has 0 bridgehead atoms. The molecule has 1 aromatic rings. The molecule has 5 nitrogen and oxygen atoms in total. The summed E-state index contributed by atoms with van der Waals surface area (Å²) in [6.45, 7) is 3.77. The summed E-state index contributed by atoms with van der Waals surface area (Å²) in [5, 5.41) is 0. The Bertz CT molecular complexity index is 366. The summed E-state index contributed by atoms with van der Waals surface area (Å²) in [6, 6.07) is 4.00. The molecule has 0 saturated carbocycles. The maximum atomic E-state index is 5.46. The van der Waals surface area contributed by atoms with Crippen molar-refractivity contribution < 1.29 is 4.74 Å². The number of rotatable bonds is 5. The van der Waals surface area contributed by atoms with Crippen molar-refractivity contribution in [1.29, 1.82) is 0 Å². The fourth-order valence-electron chi connectivity index (χ4n) is 2.42. The Labute approximate surface area is 108 Å². The number of nitrogens with one attached hydrogen (secondary N) is 1. The SMILES string of the molecule is CN(Cc1cccnc1NN)CC1CCOCC1. The van der Waals surface area contributed by atoms with Crippen LogP contribution in [0, 0.1) is 5.92 Å². The second-order valence-electron chi connectivity index (χ2n) is 4.91. The number of nitrogen functional groups attached to an aromatic ring is 1. The number of pyridine rings is 1. The maximum Gasteiger partial charge on any atom is 0.144 e. The van der Waals surface area contributed by atoms with E-state index in [-0.39, 0.29) is 0 Å². The Morgan fingerprint density at radius 2 is 2.28 bits per heavy atom. The van der Waals surface area contributed by atoms with Gasteiger partial charge in [-0.15, -0.1) is 0 Å². The normalized spacial score (nSPS) is 17.1. The van der Waals surface area contributed by atoms with Crippen molar-refractivity contribution in [1.82, 2.24) is 9.88 Å². The van der Waals surface area contributed by atoms with Crippen LogP contribution >= 0.6 is 0 Å². The van der Waals surface area contributed by atoms with Crippen molar-refractivity contribution in [3.63, 3.8) is 0 Å². The zero-order chi connectivity index (χ0) is 12.8. The predicted octanol–water partition coefficient (Wildman–Crippen LogP) is 1.23. The molecule has 100 valence electrons. The summed E-state index contributed by atoms with van der Waals surface area (Å²) in [4.78, 5) is 6.54. The third kappa shape index (κ3) is 3.66. The van der Waals surface area contributed by atoms with Gasteiger partial charge in [0.05, 0.1) is 0 Å². The van der Waals surface area contributed by atoms with Crippen LogP contribution in [-0.2, 0) is 11.3 Å². The quantitative estimate of drug-likeness (QED) is 0.608. The third-order valence-corrected chi connectivity index (χ3v) is 3.38. The monoisotopic (exact) mass is 250 g/mol. The van der Waals surface area contributed by atoms with E-state index in [2.05, 4.69) is 28.4 Å². The highest BCUT2D eigenvalue weighted by Crippen LogP contribution is 2.18. The summed E-state index contributed by atoms with van der Waals surface area (Å²) >= 11 is 0. The number of ether oxygens (including phenoxy) is 1. The van der Waals surface area contributed by atoms with Crippen molar-refractivity contribution in [2.24, 2.45) is 11.8 Å². The van der Waals surface area contributed by atoms with Gasteiger partial charge in [-0.2, -0.15) is 0 Å². The van der Waals surface area contributed by atoms with Crippen molar-refractivity contribution >= 4 is 5.82 Å². The molecule has 1 saturated heterocycles. The molecule has 0 atom stereocenters. The number of hydrogen-bond donors (Lipinski definition) is 2. The molecule has 18 heavy (non-hydrogen) atoms. The Kier molecular flexibility index (Phi) is 4.92. The molecule has 0 aromatic carbocycles. The second kappa shape index (κ2) is 6.68. The molecular formula is C13H22N4O. The van der Waals surface area contributed by atoms with Crippen LogP contribution < -0.4 is 11.3 Å². The molecule has 1 aromatic heterocycles. The van der Waals surface area contributed by atoms with Crippen LogP contribution in [0.15, 0.2) is 18.3 Å². The lowest BCUT2D eigenvalue weighted by Crippen LogP contribution is -2.29. The van der Waals surface area contributed by atoms with Crippen LogP contribution in [0.2, 0.25) is 0 Å². The van der Waals surface area contributed by atoms with Gasteiger partial charge in [0.15, 0.2) is 0 Å². The lowest BCUT2D eigenvalue weighted by Gasteiger charge is -2.27. The van der Waals surface area contributed by atoms with Crippen molar-refractivity contribution in [3.05, 3.63) is 23.9 Å². The molecule has 5 heteroatoms. The van der Waals surface area contributed by atoms with E-state index in [4.69, 9.17) is 10.6 Å². The molecule has 3 N–H and O–H groups in total. The summed E-state index contributed by atoms with van der Waals surface area (Å²) in [5.41, 5.74) is 3.78. The van der Waals surface area contributed by atoms with Gasteiger partial charge < -0.3 is 15.1 Å². The van der Waals surface area contributed by atoms with Crippen molar-refractivity contribution in [3.8, 4) is 0 Å². The molecule has 2 rings (SSSR count). The Balaban J connectivity index is 1.87. The van der Waals surface area contributed by atoms with Crippen LogP contribution in [0.5, 0.6) is 0 Å². The van der Waals surface area contributed by atoms with Crippen molar-refractivity contribution in [2.45, 2.75) is 19.4 Å². The fourth-order valence-corrected chi connectivity index (χ4v) is 2.42. The van der Waals surface area contributed by atoms with Gasteiger partial charge in [0.25, 0.3) is 0 Å². The van der Waals surface area contributed by atoms with E-state index in [9.17, 15) is 0 Å². The molecule has 1 aliphatic heterocycles. The van der Waals surface area contributed by atoms with Gasteiger partial charge in [-0.1, -0.05) is 6.07 Å². The number of hydrazine groups is 1. The zero-order valence-electron chi connectivity index (χ0n) is 10.9. The first-order chi connectivity index (χ1) is 8.79. The lowest BCUT2D eigenvalue weighted by atomic mass is 10.00. The largest absolute Gasteiger partial charge is 0.381 e. The van der Waals surface area contributed by atoms with Crippen molar-refractivity contribution in [2.75, 3.05) is 32.2 Å². The highest BCUT2D eigenvalue weighted by Gasteiger charge is 2.16. The van der Waals surface area contributed by atoms with E-state index in [1.54, 1.807) is 6.20 Å². The van der Waals surface area contributed by atoms with Crippen LogP contribution in [0.3, 0.4) is 0 Å². The van der Waals surface area contributed by atoms with Gasteiger partial charge in [0.2, 0.25) is 0 Å². The number of hydrogen-bond acceptors (Lipinski definition) is 5. The molecule has 1 fully saturated rings. The lowest BCUT2D eigenvalue weighted by molar-refractivity contribution is 0.0550. The van der Waals surface area contributed by atoms with Gasteiger partial charge in [-0.25, -0.2) is 10.8 Å². The number of nitrogens with zero attached hydrogens (tertiary/aromatic N) is 2. The van der Waals surface area contributed by atoms with Crippen LogP contribution in [-0.4, -0.2) is 36.7 Å². The van der Waals surface area contributed by atoms with E-state index < -0.39 is 0 Å². The van der Waals surface area contributed by atoms with Gasteiger partial charge >= 0.3 is 0 Å². The summed E-state index contributed by atoms with van der Waals surface area (Å²) < 4.78 is 5.38. The highest BCUT2D eigenvalue weighted by molar-refractivity contribution is 5.42. The second-order valence-corrected chi connectivity index (χ2v) is 4.91. The minimum Gasteiger partial charge on any atom is -0.381 e. The van der Waals surface area contributed by atoms with E-state index in [1.807, 2.05) is 6.07 Å². The first-order valence-corrected chi connectivity index (χ1v) is 6.46. The molecule has 0 radical (unpaired) electrons. The minimum absolute atomic E-state index is 0.745. The number of aromatic nitrogens is 1. The standard InChI is InChI=1S/C13H22N4O/c1-17(9-11-4-7-18-8-5-11)10-12-3-2-6-15-13(12)16-14/h2-3,6,11H,4-5,7-10,14H2,1H3,(H,15,16). The predicted molar refractivity (Wildman–Crippen MR) is 71.9 cm³/mol. The van der Waals surface area contributed by atoms with E-state index in [0.717, 1.165) is 43.6 Å². The number of nitrogens with two attached hydrogens (primary N) is 1. The zero-order valence-corrected chi connectivity index (χ0v) is 10.9. The molecule has 0 unspecified atom stereocenters. The third-order valence-electron chi connectivity index (χ3n) is 3.38. The topological polar surface area (TPSA) is 63.4 Å². The Morgan fingerprint density at radius 1 is 1.50 bits per heavy atom. The smallest absolute Gasteiger partial charge is 0.144 e. The van der Waals surface area contributed by atoms with Crippen LogP contribution in [0.4, 0.5) is 5.82 Å². The highest BCUT2D eigenvalue weighted by atomic mass is 16.5. The fraction of sp³-hybridized carbons (Fsp3) is 0.615. The first kappa shape index (κ1) is 13.3. The van der Waals surface area contributed by atoms with E-state index in [1.165, 1.54) is 12.8 Å². The molecule has 0 spiro atoms. The minimum atomic E-state index is 0.745. The average molecular weight is 250 g/mol. The summed E-state index contributed by atoms with van der Waals surface area (Å²) in [5.74, 6) is 6.97. The van der Waals surface area contributed by atoms with Crippen LogP contribution in [0.1, 0.15) is 18.4 Å². The number of anilines is 1. The molecule has 2 heterocycles. The Hall–Kier alpha value is -1.17. The molecule has 0 amide bonds. The summed E-state index contributed by atoms with van der Waals surface area (Å²) in [7, 11) is 2.14. The van der Waals surface area contributed by atoms with Gasteiger partial charge in [0, 0.05) is 38.1 Å². The van der Waals surface area contributed by atoms with Gasteiger partial charge in [0.1, 0.15) is 5.82 Å². The maximum absolute atomic E-state index is 5.46. The van der Waals surface area contributed by atoms with Gasteiger partial charge in [-0.3, -0.25) is 0 Å². The van der Waals surface area contributed by atoms with Crippen LogP contribution in [0.25, 0.3) is 0 Å². The van der Waals surface area contributed by atoms with E-state index >= 15 is 0 Å². The summed E-state index contributed by atoms with van der Waals surface area (Å²) in [6.07, 6.45) is 4.08. The van der Waals surface area contributed by atoms with Gasteiger partial charge in [-0.05, 0) is 31.9 Å². The molecular weight excluding hydrogens is 228 g/mol. The Morgan fingerprint density at radius 3 is 3.00 bits per heavy atom. The van der Waals surface area contributed by atoms with E-state index in [0.29, 0.717) is 0 Å². The first-order valence-electron chi connectivity index (χ1n) is 6.46.